The van der Waals surface area contributed by atoms with E-state index in [1.54, 1.807) is 0 Å². The fourth-order valence-electron chi connectivity index (χ4n) is 4.14. The molecule has 6 nitrogen and oxygen atoms in total. The van der Waals surface area contributed by atoms with Crippen LogP contribution in [0.4, 0.5) is 0 Å². The molecule has 7 heteroatoms. The van der Waals surface area contributed by atoms with E-state index in [4.69, 9.17) is 0 Å². The van der Waals surface area contributed by atoms with Gasteiger partial charge in [0.2, 0.25) is 10.0 Å². The number of rotatable bonds is 5. The molecule has 0 saturated carbocycles. The highest BCUT2D eigenvalue weighted by Crippen LogP contribution is 2.27. The topological polar surface area (TPSA) is 71.4 Å². The lowest BCUT2D eigenvalue weighted by Gasteiger charge is -2.32. The van der Waals surface area contributed by atoms with Crippen LogP contribution in [-0.2, 0) is 10.0 Å². The first-order chi connectivity index (χ1) is 13.2. The predicted molar refractivity (Wildman–Crippen MR) is 111 cm³/mol. The minimum atomic E-state index is -3.22. The summed E-state index contributed by atoms with van der Waals surface area (Å²) in [4.78, 5) is 14.9. The maximum Gasteiger partial charge on any atom is 0.255 e. The molecular formula is C21H29N3O3S. The molecule has 1 amide bonds. The zero-order valence-corrected chi connectivity index (χ0v) is 17.8. The van der Waals surface area contributed by atoms with Gasteiger partial charge in [0.1, 0.15) is 0 Å². The molecule has 1 N–H and O–H groups in total. The lowest BCUT2D eigenvalue weighted by atomic mass is 10.0. The Morgan fingerprint density at radius 1 is 1.14 bits per heavy atom. The van der Waals surface area contributed by atoms with Gasteiger partial charge >= 0.3 is 0 Å². The summed E-state index contributed by atoms with van der Waals surface area (Å²) < 4.78 is 27.7. The third-order valence-electron chi connectivity index (χ3n) is 5.55. The van der Waals surface area contributed by atoms with Crippen LogP contribution in [0, 0.1) is 13.8 Å². The number of aromatic nitrogens is 1. The monoisotopic (exact) mass is 403 g/mol. The zero-order valence-electron chi connectivity index (χ0n) is 17.0. The number of amides is 1. The Morgan fingerprint density at radius 3 is 2.32 bits per heavy atom. The van der Waals surface area contributed by atoms with Gasteiger partial charge in [-0.2, -0.15) is 0 Å². The van der Waals surface area contributed by atoms with Crippen molar-refractivity contribution < 1.29 is 13.2 Å². The molecule has 2 aromatic rings. The van der Waals surface area contributed by atoms with Crippen LogP contribution in [-0.4, -0.2) is 49.2 Å². The number of aryl methyl sites for hydroxylation is 1. The first-order valence-corrected chi connectivity index (χ1v) is 11.6. The number of nitrogens with zero attached hydrogens (tertiary/aromatic N) is 2. The quantitative estimate of drug-likeness (QED) is 0.834. The highest BCUT2D eigenvalue weighted by molar-refractivity contribution is 7.88. The van der Waals surface area contributed by atoms with Crippen molar-refractivity contribution in [1.82, 2.24) is 14.2 Å². The number of carbonyl (C=O) groups is 1. The lowest BCUT2D eigenvalue weighted by molar-refractivity contribution is 0.0710. The molecule has 28 heavy (non-hydrogen) atoms. The van der Waals surface area contributed by atoms with E-state index in [9.17, 15) is 13.2 Å². The average Bonchev–Trinajstić information content (AvgIpc) is 2.95. The van der Waals surface area contributed by atoms with Gasteiger partial charge in [0.15, 0.2) is 0 Å². The Morgan fingerprint density at radius 2 is 1.75 bits per heavy atom. The molecule has 1 saturated heterocycles. The van der Waals surface area contributed by atoms with E-state index in [0.29, 0.717) is 25.9 Å². The van der Waals surface area contributed by atoms with Gasteiger partial charge < -0.3 is 9.47 Å². The Balaban J connectivity index is 1.75. The lowest BCUT2D eigenvalue weighted by Crippen LogP contribution is -2.46. The molecule has 1 aromatic carbocycles. The van der Waals surface area contributed by atoms with Gasteiger partial charge in [0.25, 0.3) is 5.91 Å². The summed E-state index contributed by atoms with van der Waals surface area (Å²) in [6.45, 7) is 7.29. The summed E-state index contributed by atoms with van der Waals surface area (Å²) in [5.41, 5.74) is 3.96. The standard InChI is InChI=1S/C21H29N3O3S/c1-15-14-20(17(3)24(15)16(2)18-8-6-5-7-9-18)21(25)23-12-10-19(11-13-23)22-28(4,26)27/h5-9,14,16,19,22H,10-13H2,1-4H3. The number of hydrogen-bond acceptors (Lipinski definition) is 3. The molecule has 1 fully saturated rings. The van der Waals surface area contributed by atoms with Crippen LogP contribution in [0.1, 0.15) is 53.1 Å². The first-order valence-electron chi connectivity index (χ1n) is 9.67. The number of carbonyl (C=O) groups excluding carboxylic acids is 1. The van der Waals surface area contributed by atoms with Crippen molar-refractivity contribution in [2.75, 3.05) is 19.3 Å². The first kappa shape index (κ1) is 20.6. The number of hydrogen-bond donors (Lipinski definition) is 1. The van der Waals surface area contributed by atoms with E-state index in [1.165, 1.54) is 11.8 Å². The molecule has 1 atom stereocenters. The van der Waals surface area contributed by atoms with Crippen LogP contribution in [0.2, 0.25) is 0 Å². The SMILES string of the molecule is Cc1cc(C(=O)N2CCC(NS(C)(=O)=O)CC2)c(C)n1C(C)c1ccccc1. The minimum absolute atomic E-state index is 0.0254. The second kappa shape index (κ2) is 8.09. The molecule has 1 aliphatic heterocycles. The van der Waals surface area contributed by atoms with Gasteiger partial charge in [-0.3, -0.25) is 4.79 Å². The zero-order chi connectivity index (χ0) is 20.5. The third kappa shape index (κ3) is 4.47. The van der Waals surface area contributed by atoms with E-state index in [-0.39, 0.29) is 18.0 Å². The summed E-state index contributed by atoms with van der Waals surface area (Å²) in [6, 6.07) is 12.3. The van der Waals surface area contributed by atoms with Gasteiger partial charge in [-0.05, 0) is 45.2 Å². The Labute approximate surface area is 167 Å². The number of likely N-dealkylation sites (tertiary alicyclic amines) is 1. The summed E-state index contributed by atoms with van der Waals surface area (Å²) in [5, 5.41) is 0. The van der Waals surface area contributed by atoms with Gasteiger partial charge in [-0.25, -0.2) is 13.1 Å². The van der Waals surface area contributed by atoms with Gasteiger partial charge in [-0.15, -0.1) is 0 Å². The molecule has 1 aromatic heterocycles. The maximum absolute atomic E-state index is 13.1. The predicted octanol–water partition coefficient (Wildman–Crippen LogP) is 2.87. The maximum atomic E-state index is 13.1. The smallest absolute Gasteiger partial charge is 0.255 e. The molecule has 1 aliphatic rings. The van der Waals surface area contributed by atoms with Crippen molar-refractivity contribution >= 4 is 15.9 Å². The fourth-order valence-corrected chi connectivity index (χ4v) is 4.98. The molecule has 152 valence electrons. The van der Waals surface area contributed by atoms with Crippen LogP contribution in [0.15, 0.2) is 36.4 Å². The van der Waals surface area contributed by atoms with Crippen molar-refractivity contribution in [3.8, 4) is 0 Å². The Bertz CT molecular complexity index is 943. The third-order valence-corrected chi connectivity index (χ3v) is 6.31. The summed E-state index contributed by atoms with van der Waals surface area (Å²) >= 11 is 0. The Kier molecular flexibility index (Phi) is 5.95. The minimum Gasteiger partial charge on any atom is -0.341 e. The second-order valence-corrected chi connectivity index (χ2v) is 9.48. The molecule has 0 spiro atoms. The van der Waals surface area contributed by atoms with Crippen LogP contribution < -0.4 is 4.72 Å². The van der Waals surface area contributed by atoms with E-state index < -0.39 is 10.0 Å². The van der Waals surface area contributed by atoms with Gasteiger partial charge in [-0.1, -0.05) is 30.3 Å². The highest BCUT2D eigenvalue weighted by Gasteiger charge is 2.28. The number of sulfonamides is 1. The summed E-state index contributed by atoms with van der Waals surface area (Å²) in [7, 11) is -3.22. The van der Waals surface area contributed by atoms with Crippen molar-refractivity contribution in [3.63, 3.8) is 0 Å². The van der Waals surface area contributed by atoms with Gasteiger partial charge in [0.05, 0.1) is 17.9 Å². The highest BCUT2D eigenvalue weighted by atomic mass is 32.2. The van der Waals surface area contributed by atoms with Crippen LogP contribution in [0.5, 0.6) is 0 Å². The van der Waals surface area contributed by atoms with Crippen LogP contribution in [0.3, 0.4) is 0 Å². The Hall–Kier alpha value is -2.12. The van der Waals surface area contributed by atoms with E-state index in [0.717, 1.165) is 17.0 Å². The van der Waals surface area contributed by atoms with Crippen LogP contribution >= 0.6 is 0 Å². The number of piperidine rings is 1. The van der Waals surface area contributed by atoms with Crippen molar-refractivity contribution in [2.45, 2.75) is 45.7 Å². The fraction of sp³-hybridized carbons (Fsp3) is 0.476. The van der Waals surface area contributed by atoms with E-state index >= 15 is 0 Å². The van der Waals surface area contributed by atoms with Crippen molar-refractivity contribution in [1.29, 1.82) is 0 Å². The molecule has 3 rings (SSSR count). The molecule has 0 aliphatic carbocycles. The molecule has 2 heterocycles. The van der Waals surface area contributed by atoms with Crippen LogP contribution in [0.25, 0.3) is 0 Å². The average molecular weight is 404 g/mol. The number of nitrogens with one attached hydrogen (secondary N) is 1. The summed E-state index contributed by atoms with van der Waals surface area (Å²) in [5.74, 6) is 0.0254. The van der Waals surface area contributed by atoms with Gasteiger partial charge in [0, 0.05) is 30.5 Å². The molecular weight excluding hydrogens is 374 g/mol. The second-order valence-electron chi connectivity index (χ2n) is 7.70. The van der Waals surface area contributed by atoms with E-state index in [2.05, 4.69) is 28.3 Å². The molecule has 1 unspecified atom stereocenters. The number of benzene rings is 1. The van der Waals surface area contributed by atoms with Crippen molar-refractivity contribution in [2.24, 2.45) is 0 Å². The molecule has 0 radical (unpaired) electrons. The largest absolute Gasteiger partial charge is 0.341 e. The summed E-state index contributed by atoms with van der Waals surface area (Å²) in [6.07, 6.45) is 2.45. The van der Waals surface area contributed by atoms with Crippen molar-refractivity contribution in [3.05, 3.63) is 58.9 Å². The normalized spacial score (nSPS) is 16.9. The molecule has 0 bridgehead atoms. The van der Waals surface area contributed by atoms with E-state index in [1.807, 2.05) is 43.0 Å².